The van der Waals surface area contributed by atoms with Crippen LogP contribution in [0.4, 0.5) is 0 Å². The Morgan fingerprint density at radius 2 is 2.33 bits per heavy atom. The standard InChI is InChI=1S/C12H18N2O3S/c1-10-3-2-4-12(7-10)18(15,16)14-8-11-9-17-6-5-13-11/h2-4,7,11,13-14H,5-6,8-9H2,1H3. The molecular formula is C12H18N2O3S. The molecule has 0 saturated carbocycles. The molecule has 18 heavy (non-hydrogen) atoms. The molecule has 6 heteroatoms. The van der Waals surface area contributed by atoms with Crippen molar-refractivity contribution >= 4 is 10.0 Å². The van der Waals surface area contributed by atoms with Gasteiger partial charge in [-0.2, -0.15) is 0 Å². The maximum absolute atomic E-state index is 12.0. The number of aryl methyl sites for hydroxylation is 1. The number of morpholine rings is 1. The lowest BCUT2D eigenvalue weighted by Crippen LogP contribution is -2.48. The minimum absolute atomic E-state index is 0.0401. The van der Waals surface area contributed by atoms with Crippen molar-refractivity contribution in [2.75, 3.05) is 26.3 Å². The van der Waals surface area contributed by atoms with E-state index in [4.69, 9.17) is 4.74 Å². The first-order valence-electron chi connectivity index (χ1n) is 5.95. The zero-order chi connectivity index (χ0) is 13.0. The Morgan fingerprint density at radius 1 is 1.50 bits per heavy atom. The molecule has 0 amide bonds. The molecule has 2 N–H and O–H groups in total. The summed E-state index contributed by atoms with van der Waals surface area (Å²) in [5.41, 5.74) is 0.928. The lowest BCUT2D eigenvalue weighted by atomic mass is 10.2. The van der Waals surface area contributed by atoms with Crippen molar-refractivity contribution in [3.63, 3.8) is 0 Å². The van der Waals surface area contributed by atoms with E-state index >= 15 is 0 Å². The van der Waals surface area contributed by atoms with Gasteiger partial charge in [-0.05, 0) is 24.6 Å². The number of rotatable bonds is 4. The summed E-state index contributed by atoms with van der Waals surface area (Å²) >= 11 is 0. The van der Waals surface area contributed by atoms with E-state index in [1.165, 1.54) is 0 Å². The lowest BCUT2D eigenvalue weighted by Gasteiger charge is -2.23. The summed E-state index contributed by atoms with van der Waals surface area (Å²) in [7, 11) is -3.43. The number of nitrogens with one attached hydrogen (secondary N) is 2. The summed E-state index contributed by atoms with van der Waals surface area (Å²) in [6.45, 7) is 4.19. The molecule has 2 rings (SSSR count). The molecule has 1 aromatic carbocycles. The smallest absolute Gasteiger partial charge is 0.240 e. The summed E-state index contributed by atoms with van der Waals surface area (Å²) in [6, 6.07) is 6.91. The molecule has 0 radical (unpaired) electrons. The number of hydrogen-bond acceptors (Lipinski definition) is 4. The first-order chi connectivity index (χ1) is 8.58. The molecular weight excluding hydrogens is 252 g/mol. The number of hydrogen-bond donors (Lipinski definition) is 2. The minimum atomic E-state index is -3.43. The SMILES string of the molecule is Cc1cccc(S(=O)(=O)NCC2COCCN2)c1. The van der Waals surface area contributed by atoms with Crippen molar-refractivity contribution in [3.8, 4) is 0 Å². The Labute approximate surface area is 108 Å². The van der Waals surface area contributed by atoms with Gasteiger partial charge in [0, 0.05) is 19.1 Å². The highest BCUT2D eigenvalue weighted by molar-refractivity contribution is 7.89. The molecule has 1 atom stereocenters. The Bertz CT molecular complexity index is 496. The Hall–Kier alpha value is -0.950. The van der Waals surface area contributed by atoms with Gasteiger partial charge in [0.1, 0.15) is 0 Å². The number of benzene rings is 1. The molecule has 1 aliphatic heterocycles. The third-order valence-electron chi connectivity index (χ3n) is 2.82. The predicted octanol–water partition coefficient (Wildman–Crippen LogP) is 0.262. The van der Waals surface area contributed by atoms with Gasteiger partial charge in [-0.15, -0.1) is 0 Å². The van der Waals surface area contributed by atoms with Gasteiger partial charge in [-0.3, -0.25) is 0 Å². The second-order valence-corrected chi connectivity index (χ2v) is 6.16. The van der Waals surface area contributed by atoms with Gasteiger partial charge in [0.05, 0.1) is 18.1 Å². The van der Waals surface area contributed by atoms with Gasteiger partial charge in [0.2, 0.25) is 10.0 Å². The van der Waals surface area contributed by atoms with E-state index in [-0.39, 0.29) is 6.04 Å². The van der Waals surface area contributed by atoms with Crippen molar-refractivity contribution in [1.29, 1.82) is 0 Å². The highest BCUT2D eigenvalue weighted by Gasteiger charge is 2.18. The van der Waals surface area contributed by atoms with Gasteiger partial charge in [-0.1, -0.05) is 12.1 Å². The van der Waals surface area contributed by atoms with Crippen molar-refractivity contribution in [2.45, 2.75) is 17.9 Å². The number of ether oxygens (including phenoxy) is 1. The lowest BCUT2D eigenvalue weighted by molar-refractivity contribution is 0.0784. The fraction of sp³-hybridized carbons (Fsp3) is 0.500. The third-order valence-corrected chi connectivity index (χ3v) is 4.24. The van der Waals surface area contributed by atoms with Crippen LogP contribution < -0.4 is 10.0 Å². The van der Waals surface area contributed by atoms with Crippen LogP contribution in [0.15, 0.2) is 29.2 Å². The Morgan fingerprint density at radius 3 is 3.00 bits per heavy atom. The normalized spacial score (nSPS) is 20.8. The van der Waals surface area contributed by atoms with Crippen molar-refractivity contribution in [1.82, 2.24) is 10.0 Å². The van der Waals surface area contributed by atoms with Crippen molar-refractivity contribution < 1.29 is 13.2 Å². The largest absolute Gasteiger partial charge is 0.378 e. The van der Waals surface area contributed by atoms with Crippen LogP contribution in [0.2, 0.25) is 0 Å². The van der Waals surface area contributed by atoms with E-state index in [2.05, 4.69) is 10.0 Å². The molecule has 1 fully saturated rings. The fourth-order valence-electron chi connectivity index (χ4n) is 1.83. The quantitative estimate of drug-likeness (QED) is 0.823. The highest BCUT2D eigenvalue weighted by Crippen LogP contribution is 2.10. The maximum atomic E-state index is 12.0. The molecule has 0 aliphatic carbocycles. The van der Waals surface area contributed by atoms with E-state index in [0.29, 0.717) is 24.7 Å². The fourth-order valence-corrected chi connectivity index (χ4v) is 3.01. The molecule has 0 bridgehead atoms. The van der Waals surface area contributed by atoms with Crippen LogP contribution in [0, 0.1) is 6.92 Å². The molecule has 5 nitrogen and oxygen atoms in total. The molecule has 1 saturated heterocycles. The third kappa shape index (κ3) is 3.52. The van der Waals surface area contributed by atoms with Gasteiger partial charge in [-0.25, -0.2) is 13.1 Å². The van der Waals surface area contributed by atoms with Crippen LogP contribution in [-0.4, -0.2) is 40.8 Å². The van der Waals surface area contributed by atoms with Crippen LogP contribution in [0.3, 0.4) is 0 Å². The molecule has 1 unspecified atom stereocenters. The van der Waals surface area contributed by atoms with Crippen LogP contribution in [0.1, 0.15) is 5.56 Å². The van der Waals surface area contributed by atoms with E-state index < -0.39 is 10.0 Å². The van der Waals surface area contributed by atoms with Gasteiger partial charge in [0.15, 0.2) is 0 Å². The van der Waals surface area contributed by atoms with E-state index in [0.717, 1.165) is 12.1 Å². The molecule has 0 aromatic heterocycles. The average molecular weight is 270 g/mol. The first-order valence-corrected chi connectivity index (χ1v) is 7.44. The van der Waals surface area contributed by atoms with Crippen LogP contribution in [-0.2, 0) is 14.8 Å². The Kier molecular flexibility index (Phi) is 4.34. The molecule has 100 valence electrons. The highest BCUT2D eigenvalue weighted by atomic mass is 32.2. The zero-order valence-electron chi connectivity index (χ0n) is 10.3. The zero-order valence-corrected chi connectivity index (χ0v) is 11.2. The average Bonchev–Trinajstić information content (AvgIpc) is 2.38. The van der Waals surface area contributed by atoms with Crippen LogP contribution in [0.5, 0.6) is 0 Å². The Balaban J connectivity index is 1.98. The van der Waals surface area contributed by atoms with Gasteiger partial charge < -0.3 is 10.1 Å². The summed E-state index contributed by atoms with van der Waals surface area (Å²) in [5.74, 6) is 0. The summed E-state index contributed by atoms with van der Waals surface area (Å²) in [4.78, 5) is 0.305. The van der Waals surface area contributed by atoms with Gasteiger partial charge >= 0.3 is 0 Å². The summed E-state index contributed by atoms with van der Waals surface area (Å²) in [5, 5.41) is 3.20. The summed E-state index contributed by atoms with van der Waals surface area (Å²) in [6.07, 6.45) is 0. The molecule has 1 aliphatic rings. The van der Waals surface area contributed by atoms with Crippen molar-refractivity contribution in [2.24, 2.45) is 0 Å². The van der Waals surface area contributed by atoms with Crippen molar-refractivity contribution in [3.05, 3.63) is 29.8 Å². The first kappa shape index (κ1) is 13.5. The topological polar surface area (TPSA) is 67.4 Å². The maximum Gasteiger partial charge on any atom is 0.240 e. The van der Waals surface area contributed by atoms with E-state index in [1.807, 2.05) is 13.0 Å². The van der Waals surface area contributed by atoms with Crippen LogP contribution >= 0.6 is 0 Å². The van der Waals surface area contributed by atoms with E-state index in [1.54, 1.807) is 18.2 Å². The predicted molar refractivity (Wildman–Crippen MR) is 69.0 cm³/mol. The molecule has 1 heterocycles. The van der Waals surface area contributed by atoms with Gasteiger partial charge in [0.25, 0.3) is 0 Å². The molecule has 0 spiro atoms. The second kappa shape index (κ2) is 5.79. The molecule has 1 aromatic rings. The van der Waals surface area contributed by atoms with E-state index in [9.17, 15) is 8.42 Å². The van der Waals surface area contributed by atoms with Crippen LogP contribution in [0.25, 0.3) is 0 Å². The second-order valence-electron chi connectivity index (χ2n) is 4.39. The summed E-state index contributed by atoms with van der Waals surface area (Å²) < 4.78 is 32.0. The monoisotopic (exact) mass is 270 g/mol. The number of sulfonamides is 1. The minimum Gasteiger partial charge on any atom is -0.378 e.